The lowest BCUT2D eigenvalue weighted by Gasteiger charge is -2.09. The molecule has 0 aromatic heterocycles. The Morgan fingerprint density at radius 1 is 1.14 bits per heavy atom. The number of nitrogens with one attached hydrogen (secondary N) is 2. The molecule has 116 valence electrons. The van der Waals surface area contributed by atoms with Crippen molar-refractivity contribution in [2.24, 2.45) is 5.92 Å². The van der Waals surface area contributed by atoms with Crippen LogP contribution in [0.2, 0.25) is 5.02 Å². The molecule has 0 saturated carbocycles. The molecule has 0 spiro atoms. The van der Waals surface area contributed by atoms with Gasteiger partial charge in [-0.2, -0.15) is 0 Å². The normalized spacial score (nSPS) is 10.3. The van der Waals surface area contributed by atoms with Crippen LogP contribution in [-0.4, -0.2) is 31.5 Å². The zero-order chi connectivity index (χ0) is 15.7. The molecule has 1 aromatic carbocycles. The fourth-order valence-corrected chi connectivity index (χ4v) is 1.60. The number of amides is 2. The van der Waals surface area contributed by atoms with E-state index in [0.717, 1.165) is 6.42 Å². The fourth-order valence-electron chi connectivity index (χ4n) is 1.47. The van der Waals surface area contributed by atoms with Crippen LogP contribution in [0, 0.1) is 5.92 Å². The van der Waals surface area contributed by atoms with Crippen molar-refractivity contribution in [3.63, 3.8) is 0 Å². The Hall–Kier alpha value is -1.75. The van der Waals surface area contributed by atoms with Gasteiger partial charge in [0.25, 0.3) is 5.91 Å². The van der Waals surface area contributed by atoms with Gasteiger partial charge in [-0.25, -0.2) is 0 Å². The van der Waals surface area contributed by atoms with Gasteiger partial charge in [-0.3, -0.25) is 9.59 Å². The summed E-state index contributed by atoms with van der Waals surface area (Å²) in [7, 11) is 0. The van der Waals surface area contributed by atoms with E-state index in [-0.39, 0.29) is 25.0 Å². The first-order valence-corrected chi connectivity index (χ1v) is 7.27. The van der Waals surface area contributed by atoms with E-state index in [4.69, 9.17) is 16.3 Å². The molecule has 0 radical (unpaired) electrons. The minimum absolute atomic E-state index is 0.0408. The first-order chi connectivity index (χ1) is 9.97. The molecule has 0 aliphatic carbocycles. The average molecular weight is 313 g/mol. The first kappa shape index (κ1) is 17.3. The third-order valence-corrected chi connectivity index (χ3v) is 2.93. The summed E-state index contributed by atoms with van der Waals surface area (Å²) < 4.78 is 5.27. The second-order valence-corrected chi connectivity index (χ2v) is 5.49. The lowest BCUT2D eigenvalue weighted by Crippen LogP contribution is -2.39. The Morgan fingerprint density at radius 3 is 2.43 bits per heavy atom. The van der Waals surface area contributed by atoms with Gasteiger partial charge in [0.15, 0.2) is 6.61 Å². The quantitative estimate of drug-likeness (QED) is 0.771. The van der Waals surface area contributed by atoms with Crippen molar-refractivity contribution >= 4 is 23.4 Å². The standard InChI is InChI=1S/C15H21ClN2O3/c1-11(2)7-8-17-14(19)9-18-15(20)10-21-13-5-3-12(16)4-6-13/h3-6,11H,7-10H2,1-2H3,(H,17,19)(H,18,20). The summed E-state index contributed by atoms with van der Waals surface area (Å²) >= 11 is 5.74. The van der Waals surface area contributed by atoms with E-state index in [1.807, 2.05) is 0 Å². The summed E-state index contributed by atoms with van der Waals surface area (Å²) in [6.45, 7) is 4.61. The molecule has 0 atom stereocenters. The number of carbonyl (C=O) groups excluding carboxylic acids is 2. The monoisotopic (exact) mass is 312 g/mol. The minimum Gasteiger partial charge on any atom is -0.484 e. The van der Waals surface area contributed by atoms with Crippen LogP contribution in [0.3, 0.4) is 0 Å². The summed E-state index contributed by atoms with van der Waals surface area (Å²) in [6, 6.07) is 6.70. The summed E-state index contributed by atoms with van der Waals surface area (Å²) in [5.41, 5.74) is 0. The van der Waals surface area contributed by atoms with Crippen molar-refractivity contribution in [2.45, 2.75) is 20.3 Å². The van der Waals surface area contributed by atoms with E-state index in [0.29, 0.717) is 23.2 Å². The molecule has 0 unspecified atom stereocenters. The fraction of sp³-hybridized carbons (Fsp3) is 0.467. The average Bonchev–Trinajstić information content (AvgIpc) is 2.44. The van der Waals surface area contributed by atoms with E-state index < -0.39 is 0 Å². The van der Waals surface area contributed by atoms with Gasteiger partial charge in [-0.05, 0) is 36.6 Å². The second kappa shape index (κ2) is 9.23. The van der Waals surface area contributed by atoms with Gasteiger partial charge in [0.1, 0.15) is 5.75 Å². The van der Waals surface area contributed by atoms with Gasteiger partial charge in [0.05, 0.1) is 6.54 Å². The van der Waals surface area contributed by atoms with Crippen molar-refractivity contribution in [3.05, 3.63) is 29.3 Å². The molecule has 0 saturated heterocycles. The van der Waals surface area contributed by atoms with Crippen LogP contribution in [0.5, 0.6) is 5.75 Å². The molecule has 0 aliphatic heterocycles. The van der Waals surface area contributed by atoms with Gasteiger partial charge >= 0.3 is 0 Å². The molecular formula is C15H21ClN2O3. The maximum absolute atomic E-state index is 11.5. The highest BCUT2D eigenvalue weighted by molar-refractivity contribution is 6.30. The molecule has 0 heterocycles. The van der Waals surface area contributed by atoms with Gasteiger partial charge in [0.2, 0.25) is 5.91 Å². The van der Waals surface area contributed by atoms with E-state index in [2.05, 4.69) is 24.5 Å². The number of ether oxygens (including phenoxy) is 1. The van der Waals surface area contributed by atoms with Gasteiger partial charge in [-0.15, -0.1) is 0 Å². The van der Waals surface area contributed by atoms with E-state index in [1.165, 1.54) is 0 Å². The Morgan fingerprint density at radius 2 is 1.81 bits per heavy atom. The highest BCUT2D eigenvalue weighted by Crippen LogP contribution is 2.15. The van der Waals surface area contributed by atoms with Crippen molar-refractivity contribution in [1.82, 2.24) is 10.6 Å². The molecule has 0 bridgehead atoms. The van der Waals surface area contributed by atoms with Crippen LogP contribution >= 0.6 is 11.6 Å². The number of halogens is 1. The van der Waals surface area contributed by atoms with Crippen LogP contribution in [0.25, 0.3) is 0 Å². The second-order valence-electron chi connectivity index (χ2n) is 5.05. The Bertz CT molecular complexity index is 460. The van der Waals surface area contributed by atoms with Gasteiger partial charge < -0.3 is 15.4 Å². The molecule has 1 rings (SSSR count). The first-order valence-electron chi connectivity index (χ1n) is 6.89. The number of benzene rings is 1. The SMILES string of the molecule is CC(C)CCNC(=O)CNC(=O)COc1ccc(Cl)cc1. The lowest BCUT2D eigenvalue weighted by molar-refractivity contribution is -0.127. The van der Waals surface area contributed by atoms with Crippen molar-refractivity contribution in [2.75, 3.05) is 19.7 Å². The summed E-state index contributed by atoms with van der Waals surface area (Å²) in [5.74, 6) is 0.544. The Kier molecular flexibility index (Phi) is 7.61. The molecule has 5 nitrogen and oxygen atoms in total. The van der Waals surface area contributed by atoms with E-state index in [9.17, 15) is 9.59 Å². The number of hydrogen-bond acceptors (Lipinski definition) is 3. The predicted molar refractivity (Wildman–Crippen MR) is 82.4 cm³/mol. The molecule has 0 fully saturated rings. The number of carbonyl (C=O) groups is 2. The maximum atomic E-state index is 11.5. The molecule has 2 amide bonds. The van der Waals surface area contributed by atoms with Crippen molar-refractivity contribution in [3.8, 4) is 5.75 Å². The maximum Gasteiger partial charge on any atom is 0.258 e. The molecule has 0 aliphatic rings. The van der Waals surface area contributed by atoms with Crippen molar-refractivity contribution < 1.29 is 14.3 Å². The zero-order valence-corrected chi connectivity index (χ0v) is 13.1. The smallest absolute Gasteiger partial charge is 0.258 e. The Balaban J connectivity index is 2.16. The molecule has 2 N–H and O–H groups in total. The predicted octanol–water partition coefficient (Wildman–Crippen LogP) is 2.00. The summed E-state index contributed by atoms with van der Waals surface area (Å²) in [5, 5.41) is 5.84. The van der Waals surface area contributed by atoms with Crippen molar-refractivity contribution in [1.29, 1.82) is 0 Å². The number of hydrogen-bond donors (Lipinski definition) is 2. The van der Waals surface area contributed by atoms with Gasteiger partial charge in [-0.1, -0.05) is 25.4 Å². The third-order valence-electron chi connectivity index (χ3n) is 2.67. The highest BCUT2D eigenvalue weighted by atomic mass is 35.5. The molecule has 6 heteroatoms. The third kappa shape index (κ3) is 8.19. The molecule has 1 aromatic rings. The van der Waals surface area contributed by atoms with Crippen LogP contribution in [0.15, 0.2) is 24.3 Å². The van der Waals surface area contributed by atoms with Crippen LogP contribution in [0.4, 0.5) is 0 Å². The van der Waals surface area contributed by atoms with Crippen LogP contribution in [-0.2, 0) is 9.59 Å². The summed E-state index contributed by atoms with van der Waals surface area (Å²) in [6.07, 6.45) is 0.916. The Labute approximate surface area is 130 Å². The molecule has 21 heavy (non-hydrogen) atoms. The number of rotatable bonds is 8. The van der Waals surface area contributed by atoms with E-state index >= 15 is 0 Å². The molecular weight excluding hydrogens is 292 g/mol. The van der Waals surface area contributed by atoms with Crippen LogP contribution in [0.1, 0.15) is 20.3 Å². The zero-order valence-electron chi connectivity index (χ0n) is 12.3. The summed E-state index contributed by atoms with van der Waals surface area (Å²) in [4.78, 5) is 23.0. The van der Waals surface area contributed by atoms with Gasteiger partial charge in [0, 0.05) is 11.6 Å². The van der Waals surface area contributed by atoms with Crippen LogP contribution < -0.4 is 15.4 Å². The topological polar surface area (TPSA) is 67.4 Å². The lowest BCUT2D eigenvalue weighted by atomic mass is 10.1. The van der Waals surface area contributed by atoms with E-state index in [1.54, 1.807) is 24.3 Å². The minimum atomic E-state index is -0.344. The largest absolute Gasteiger partial charge is 0.484 e. The highest BCUT2D eigenvalue weighted by Gasteiger charge is 2.06.